The molecule has 0 saturated carbocycles. The Morgan fingerprint density at radius 1 is 1.11 bits per heavy atom. The van der Waals surface area contributed by atoms with E-state index in [-0.39, 0.29) is 28.3 Å². The normalized spacial score (nSPS) is 10.7. The van der Waals surface area contributed by atoms with Gasteiger partial charge in [-0.05, 0) is 31.2 Å². The van der Waals surface area contributed by atoms with Gasteiger partial charge < -0.3 is 9.73 Å². The van der Waals surface area contributed by atoms with Gasteiger partial charge in [0.1, 0.15) is 5.82 Å². The second-order valence-electron chi connectivity index (χ2n) is 5.65. The van der Waals surface area contributed by atoms with Crippen molar-refractivity contribution in [1.82, 2.24) is 15.5 Å². The molecule has 0 atom stereocenters. The first-order chi connectivity index (χ1) is 13.1. The van der Waals surface area contributed by atoms with Crippen LogP contribution in [0.5, 0.6) is 0 Å². The summed E-state index contributed by atoms with van der Waals surface area (Å²) in [6.45, 7) is 2.62. The van der Waals surface area contributed by atoms with E-state index in [0.29, 0.717) is 6.54 Å². The van der Waals surface area contributed by atoms with E-state index in [1.165, 1.54) is 16.5 Å². The molecule has 0 unspecified atom stereocenters. The van der Waals surface area contributed by atoms with Crippen molar-refractivity contribution >= 4 is 29.4 Å². The zero-order valence-electron chi connectivity index (χ0n) is 14.6. The Labute approximate surface area is 165 Å². The third kappa shape index (κ3) is 5.83. The molecular weight excluding hydrogens is 385 g/mol. The summed E-state index contributed by atoms with van der Waals surface area (Å²) in [6.07, 6.45) is 0. The first-order valence-corrected chi connectivity index (χ1v) is 10.3. The summed E-state index contributed by atoms with van der Waals surface area (Å²) < 4.78 is 19.1. The first kappa shape index (κ1) is 19.4. The van der Waals surface area contributed by atoms with Crippen LogP contribution < -0.4 is 5.32 Å². The van der Waals surface area contributed by atoms with Crippen molar-refractivity contribution in [1.29, 1.82) is 0 Å². The van der Waals surface area contributed by atoms with E-state index < -0.39 is 5.82 Å². The Morgan fingerprint density at radius 2 is 1.89 bits per heavy atom. The second kappa shape index (κ2) is 9.57. The molecule has 0 fully saturated rings. The third-order valence-electron chi connectivity index (χ3n) is 3.55. The number of hydrogen-bond acceptors (Lipinski definition) is 6. The maximum atomic E-state index is 13.7. The Bertz CT molecular complexity index is 900. The zero-order valence-corrected chi connectivity index (χ0v) is 16.3. The van der Waals surface area contributed by atoms with Crippen molar-refractivity contribution in [3.05, 3.63) is 59.9 Å². The van der Waals surface area contributed by atoms with Gasteiger partial charge in [0.15, 0.2) is 0 Å². The molecule has 1 heterocycles. The van der Waals surface area contributed by atoms with Crippen molar-refractivity contribution in [2.45, 2.75) is 17.0 Å². The van der Waals surface area contributed by atoms with Gasteiger partial charge in [-0.2, -0.15) is 0 Å². The summed E-state index contributed by atoms with van der Waals surface area (Å²) in [7, 11) is 0. The molecule has 8 heteroatoms. The number of hydrogen-bond donors (Lipinski definition) is 1. The summed E-state index contributed by atoms with van der Waals surface area (Å²) in [5, 5.41) is 10.8. The highest BCUT2D eigenvalue weighted by Crippen LogP contribution is 2.25. The molecular formula is C19H18FN3O2S2. The first-order valence-electron chi connectivity index (χ1n) is 8.29. The van der Waals surface area contributed by atoms with Gasteiger partial charge in [-0.15, -0.1) is 22.0 Å². The molecule has 2 aromatic carbocycles. The van der Waals surface area contributed by atoms with E-state index in [2.05, 4.69) is 46.7 Å². The summed E-state index contributed by atoms with van der Waals surface area (Å²) in [5.74, 6) is 0.508. The van der Waals surface area contributed by atoms with Crippen LogP contribution in [0.2, 0.25) is 0 Å². The molecule has 0 aliphatic heterocycles. The smallest absolute Gasteiger partial charge is 0.277 e. The molecule has 0 aliphatic rings. The minimum atomic E-state index is -0.429. The van der Waals surface area contributed by atoms with Gasteiger partial charge in [0.25, 0.3) is 11.1 Å². The van der Waals surface area contributed by atoms with Gasteiger partial charge in [-0.3, -0.25) is 4.79 Å². The van der Waals surface area contributed by atoms with Crippen LogP contribution in [0.15, 0.2) is 63.1 Å². The van der Waals surface area contributed by atoms with Crippen molar-refractivity contribution < 1.29 is 13.6 Å². The molecule has 140 valence electrons. The lowest BCUT2D eigenvalue weighted by molar-refractivity contribution is -0.118. The molecule has 1 N–H and O–H groups in total. The van der Waals surface area contributed by atoms with Crippen molar-refractivity contribution in [2.24, 2.45) is 0 Å². The highest BCUT2D eigenvalue weighted by atomic mass is 32.2. The number of thioether (sulfide) groups is 2. The summed E-state index contributed by atoms with van der Waals surface area (Å²) in [4.78, 5) is 13.1. The van der Waals surface area contributed by atoms with Crippen LogP contribution in [-0.2, 0) is 4.79 Å². The van der Waals surface area contributed by atoms with Crippen LogP contribution in [0.4, 0.5) is 4.39 Å². The monoisotopic (exact) mass is 403 g/mol. The second-order valence-corrected chi connectivity index (χ2v) is 7.75. The molecule has 3 rings (SSSR count). The van der Waals surface area contributed by atoms with Gasteiger partial charge in [0.2, 0.25) is 5.91 Å². The minimum Gasteiger partial charge on any atom is -0.411 e. The highest BCUT2D eigenvalue weighted by molar-refractivity contribution is 7.99. The van der Waals surface area contributed by atoms with Crippen LogP contribution in [0.1, 0.15) is 5.56 Å². The number of rotatable bonds is 8. The lowest BCUT2D eigenvalue weighted by Crippen LogP contribution is -2.27. The van der Waals surface area contributed by atoms with Crippen molar-refractivity contribution in [3.63, 3.8) is 0 Å². The molecule has 0 radical (unpaired) electrons. The van der Waals surface area contributed by atoms with E-state index in [1.54, 1.807) is 30.0 Å². The van der Waals surface area contributed by atoms with E-state index in [9.17, 15) is 9.18 Å². The van der Waals surface area contributed by atoms with E-state index >= 15 is 0 Å². The molecule has 0 bridgehead atoms. The number of halogens is 1. The van der Waals surface area contributed by atoms with Gasteiger partial charge in [-0.25, -0.2) is 4.39 Å². The van der Waals surface area contributed by atoms with Crippen LogP contribution in [0.25, 0.3) is 11.5 Å². The van der Waals surface area contributed by atoms with Crippen LogP contribution >= 0.6 is 23.5 Å². The molecule has 1 amide bonds. The number of aryl methyl sites for hydroxylation is 1. The molecule has 0 saturated heterocycles. The SMILES string of the molecule is Cc1ccc(SCCNC(=O)CSc2nnc(-c3ccccc3F)o2)cc1. The number of nitrogens with zero attached hydrogens (tertiary/aromatic N) is 2. The topological polar surface area (TPSA) is 68.0 Å². The van der Waals surface area contributed by atoms with Crippen molar-refractivity contribution in [2.75, 3.05) is 18.1 Å². The summed E-state index contributed by atoms with van der Waals surface area (Å²) in [5.41, 5.74) is 1.47. The van der Waals surface area contributed by atoms with Gasteiger partial charge in [0.05, 0.1) is 11.3 Å². The maximum absolute atomic E-state index is 13.7. The standard InChI is InChI=1S/C19H18FN3O2S2/c1-13-6-8-14(9-7-13)26-11-10-21-17(24)12-27-19-23-22-18(25-19)15-4-2-3-5-16(15)20/h2-9H,10-12H2,1H3,(H,21,24). The maximum Gasteiger partial charge on any atom is 0.277 e. The van der Waals surface area contributed by atoms with E-state index in [4.69, 9.17) is 4.42 Å². The van der Waals surface area contributed by atoms with E-state index in [1.807, 2.05) is 0 Å². The Kier molecular flexibility index (Phi) is 6.89. The van der Waals surface area contributed by atoms with Crippen molar-refractivity contribution in [3.8, 4) is 11.5 Å². The van der Waals surface area contributed by atoms with Gasteiger partial charge in [-0.1, -0.05) is 41.6 Å². The lowest BCUT2D eigenvalue weighted by Gasteiger charge is -2.04. The Balaban J connectivity index is 1.39. The van der Waals surface area contributed by atoms with Crippen LogP contribution in [0.3, 0.4) is 0 Å². The number of nitrogens with one attached hydrogen (secondary N) is 1. The lowest BCUT2D eigenvalue weighted by atomic mass is 10.2. The Hall–Kier alpha value is -2.32. The van der Waals surface area contributed by atoms with E-state index in [0.717, 1.165) is 17.5 Å². The summed E-state index contributed by atoms with van der Waals surface area (Å²) >= 11 is 2.81. The molecule has 3 aromatic rings. The molecule has 0 spiro atoms. The number of amides is 1. The fraction of sp³-hybridized carbons (Fsp3) is 0.211. The number of carbonyl (C=O) groups is 1. The average molecular weight is 404 g/mol. The molecule has 1 aromatic heterocycles. The fourth-order valence-corrected chi connectivity index (χ4v) is 3.55. The number of benzene rings is 2. The predicted octanol–water partition coefficient (Wildman–Crippen LogP) is 4.18. The fourth-order valence-electron chi connectivity index (χ4n) is 2.18. The predicted molar refractivity (Wildman–Crippen MR) is 105 cm³/mol. The molecule has 5 nitrogen and oxygen atoms in total. The highest BCUT2D eigenvalue weighted by Gasteiger charge is 2.13. The largest absolute Gasteiger partial charge is 0.411 e. The van der Waals surface area contributed by atoms with Crippen LogP contribution in [-0.4, -0.2) is 34.2 Å². The third-order valence-corrected chi connectivity index (χ3v) is 5.38. The number of aromatic nitrogens is 2. The summed E-state index contributed by atoms with van der Waals surface area (Å²) in [6, 6.07) is 14.4. The van der Waals surface area contributed by atoms with Gasteiger partial charge >= 0.3 is 0 Å². The molecule has 0 aliphatic carbocycles. The Morgan fingerprint density at radius 3 is 2.67 bits per heavy atom. The molecule has 27 heavy (non-hydrogen) atoms. The quantitative estimate of drug-likeness (QED) is 0.449. The average Bonchev–Trinajstić information content (AvgIpc) is 3.14. The van der Waals surface area contributed by atoms with Crippen LogP contribution in [0, 0.1) is 12.7 Å². The van der Waals surface area contributed by atoms with Gasteiger partial charge in [0, 0.05) is 17.2 Å². The number of carbonyl (C=O) groups excluding carboxylic acids is 1. The zero-order chi connectivity index (χ0) is 19.1. The minimum absolute atomic E-state index is 0.102.